The SMILES string of the molecule is CC(=O)Nc1csc2c(C)nccc12. The van der Waals surface area contributed by atoms with Crippen molar-refractivity contribution in [2.75, 3.05) is 5.32 Å². The molecule has 2 aromatic rings. The third kappa shape index (κ3) is 1.48. The van der Waals surface area contributed by atoms with Crippen LogP contribution in [-0.2, 0) is 4.79 Å². The van der Waals surface area contributed by atoms with E-state index in [1.54, 1.807) is 17.5 Å². The summed E-state index contributed by atoms with van der Waals surface area (Å²) in [5.74, 6) is -0.0424. The Morgan fingerprint density at radius 2 is 2.36 bits per heavy atom. The molecular weight excluding hydrogens is 196 g/mol. The lowest BCUT2D eigenvalue weighted by Crippen LogP contribution is -2.04. The third-order valence-electron chi connectivity index (χ3n) is 1.98. The molecule has 0 atom stereocenters. The second kappa shape index (κ2) is 3.38. The largest absolute Gasteiger partial charge is 0.325 e. The number of aryl methyl sites for hydroxylation is 1. The summed E-state index contributed by atoms with van der Waals surface area (Å²) in [5.41, 5.74) is 1.88. The number of hydrogen-bond acceptors (Lipinski definition) is 3. The summed E-state index contributed by atoms with van der Waals surface area (Å²) in [6.07, 6.45) is 1.76. The van der Waals surface area contributed by atoms with Crippen molar-refractivity contribution in [1.29, 1.82) is 0 Å². The highest BCUT2D eigenvalue weighted by atomic mass is 32.1. The first kappa shape index (κ1) is 9.15. The van der Waals surface area contributed by atoms with Gasteiger partial charge in [0.1, 0.15) is 0 Å². The number of aromatic nitrogens is 1. The zero-order chi connectivity index (χ0) is 10.1. The molecule has 0 bridgehead atoms. The van der Waals surface area contributed by atoms with Crippen LogP contribution < -0.4 is 5.32 Å². The number of thiophene rings is 1. The Bertz CT molecular complexity index is 490. The number of amides is 1. The second-order valence-corrected chi connectivity index (χ2v) is 3.98. The number of carbonyl (C=O) groups is 1. The van der Waals surface area contributed by atoms with Gasteiger partial charge in [-0.15, -0.1) is 11.3 Å². The van der Waals surface area contributed by atoms with Crippen LogP contribution in [0.15, 0.2) is 17.6 Å². The maximum atomic E-state index is 10.9. The first-order valence-electron chi connectivity index (χ1n) is 4.29. The topological polar surface area (TPSA) is 42.0 Å². The smallest absolute Gasteiger partial charge is 0.221 e. The van der Waals surface area contributed by atoms with Gasteiger partial charge in [0.2, 0.25) is 5.91 Å². The monoisotopic (exact) mass is 206 g/mol. The molecule has 0 aliphatic rings. The predicted octanol–water partition coefficient (Wildman–Crippen LogP) is 2.56. The molecule has 0 unspecified atom stereocenters. The Hall–Kier alpha value is -1.42. The molecule has 1 N–H and O–H groups in total. The van der Waals surface area contributed by atoms with E-state index in [-0.39, 0.29) is 5.91 Å². The van der Waals surface area contributed by atoms with Gasteiger partial charge in [-0.05, 0) is 13.0 Å². The molecule has 0 spiro atoms. The summed E-state index contributed by atoms with van der Waals surface area (Å²) in [6.45, 7) is 3.48. The van der Waals surface area contributed by atoms with Crippen LogP contribution in [0.2, 0.25) is 0 Å². The van der Waals surface area contributed by atoms with Gasteiger partial charge in [0, 0.05) is 23.9 Å². The average Bonchev–Trinajstić information content (AvgIpc) is 2.49. The van der Waals surface area contributed by atoms with Gasteiger partial charge in [-0.2, -0.15) is 0 Å². The maximum absolute atomic E-state index is 10.9. The third-order valence-corrected chi connectivity index (χ3v) is 3.08. The van der Waals surface area contributed by atoms with Gasteiger partial charge >= 0.3 is 0 Å². The Labute approximate surface area is 85.8 Å². The normalized spacial score (nSPS) is 10.4. The minimum Gasteiger partial charge on any atom is -0.325 e. The van der Waals surface area contributed by atoms with Gasteiger partial charge in [-0.25, -0.2) is 0 Å². The lowest BCUT2D eigenvalue weighted by Gasteiger charge is -1.99. The maximum Gasteiger partial charge on any atom is 0.221 e. The van der Waals surface area contributed by atoms with E-state index in [0.29, 0.717) is 0 Å². The van der Waals surface area contributed by atoms with E-state index < -0.39 is 0 Å². The van der Waals surface area contributed by atoms with E-state index in [1.165, 1.54) is 6.92 Å². The Morgan fingerprint density at radius 3 is 3.07 bits per heavy atom. The first-order chi connectivity index (χ1) is 6.68. The lowest BCUT2D eigenvalue weighted by atomic mass is 10.2. The summed E-state index contributed by atoms with van der Waals surface area (Å²) < 4.78 is 1.14. The molecule has 0 aliphatic carbocycles. The number of carbonyl (C=O) groups excluding carboxylic acids is 1. The molecule has 2 rings (SSSR count). The fourth-order valence-corrected chi connectivity index (χ4v) is 2.33. The molecule has 0 fully saturated rings. The van der Waals surface area contributed by atoms with Crippen LogP contribution in [-0.4, -0.2) is 10.9 Å². The highest BCUT2D eigenvalue weighted by molar-refractivity contribution is 7.18. The summed E-state index contributed by atoms with van der Waals surface area (Å²) in [5, 5.41) is 5.81. The minimum atomic E-state index is -0.0424. The van der Waals surface area contributed by atoms with Gasteiger partial charge < -0.3 is 5.32 Å². The minimum absolute atomic E-state index is 0.0424. The first-order valence-corrected chi connectivity index (χ1v) is 5.17. The highest BCUT2D eigenvalue weighted by Gasteiger charge is 2.06. The molecule has 0 aromatic carbocycles. The van der Waals surface area contributed by atoms with Gasteiger partial charge in [0.15, 0.2) is 0 Å². The Kier molecular flexibility index (Phi) is 2.21. The number of nitrogens with zero attached hydrogens (tertiary/aromatic N) is 1. The van der Waals surface area contributed by atoms with Crippen molar-refractivity contribution in [3.05, 3.63) is 23.3 Å². The molecule has 4 heteroatoms. The van der Waals surface area contributed by atoms with Crippen LogP contribution in [0.25, 0.3) is 10.1 Å². The van der Waals surface area contributed by atoms with Crippen molar-refractivity contribution >= 4 is 33.0 Å². The van der Waals surface area contributed by atoms with Crippen LogP contribution in [0.3, 0.4) is 0 Å². The Morgan fingerprint density at radius 1 is 1.57 bits per heavy atom. The van der Waals surface area contributed by atoms with E-state index in [0.717, 1.165) is 21.5 Å². The zero-order valence-corrected chi connectivity index (χ0v) is 8.81. The van der Waals surface area contributed by atoms with Crippen molar-refractivity contribution < 1.29 is 4.79 Å². The van der Waals surface area contributed by atoms with Gasteiger partial charge in [-0.1, -0.05) is 0 Å². The van der Waals surface area contributed by atoms with Crippen molar-refractivity contribution in [2.45, 2.75) is 13.8 Å². The van der Waals surface area contributed by atoms with Gasteiger partial charge in [0.25, 0.3) is 0 Å². The summed E-state index contributed by atoms with van der Waals surface area (Å²) in [6, 6.07) is 1.92. The number of anilines is 1. The fraction of sp³-hybridized carbons (Fsp3) is 0.200. The molecule has 3 nitrogen and oxygen atoms in total. The summed E-state index contributed by atoms with van der Waals surface area (Å²) in [4.78, 5) is 15.1. The quantitative estimate of drug-likeness (QED) is 0.779. The van der Waals surface area contributed by atoms with E-state index in [9.17, 15) is 4.79 Å². The zero-order valence-electron chi connectivity index (χ0n) is 8.00. The summed E-state index contributed by atoms with van der Waals surface area (Å²) >= 11 is 1.61. The number of hydrogen-bond donors (Lipinski definition) is 1. The summed E-state index contributed by atoms with van der Waals surface area (Å²) in [7, 11) is 0. The van der Waals surface area contributed by atoms with E-state index >= 15 is 0 Å². The average molecular weight is 206 g/mol. The van der Waals surface area contributed by atoms with Crippen molar-refractivity contribution in [2.24, 2.45) is 0 Å². The van der Waals surface area contributed by atoms with Crippen molar-refractivity contribution in [1.82, 2.24) is 4.98 Å². The fourth-order valence-electron chi connectivity index (χ4n) is 1.38. The molecule has 2 aromatic heterocycles. The molecule has 14 heavy (non-hydrogen) atoms. The standard InChI is InChI=1S/C10H10N2OS/c1-6-10-8(3-4-11-6)9(5-14-10)12-7(2)13/h3-5H,1-2H3,(H,12,13). The molecule has 0 aliphatic heterocycles. The highest BCUT2D eigenvalue weighted by Crippen LogP contribution is 2.31. The number of fused-ring (bicyclic) bond motifs is 1. The molecular formula is C10H10N2OS. The van der Waals surface area contributed by atoms with Crippen LogP contribution in [0.1, 0.15) is 12.6 Å². The van der Waals surface area contributed by atoms with Crippen LogP contribution in [0, 0.1) is 6.92 Å². The number of rotatable bonds is 1. The Balaban J connectivity index is 2.58. The van der Waals surface area contributed by atoms with Crippen molar-refractivity contribution in [3.63, 3.8) is 0 Å². The second-order valence-electron chi connectivity index (χ2n) is 3.10. The molecule has 0 saturated heterocycles. The molecule has 0 saturated carbocycles. The molecule has 1 amide bonds. The molecule has 2 heterocycles. The van der Waals surface area contributed by atoms with E-state index in [2.05, 4.69) is 10.3 Å². The molecule has 0 radical (unpaired) electrons. The van der Waals surface area contributed by atoms with Crippen molar-refractivity contribution in [3.8, 4) is 0 Å². The van der Waals surface area contributed by atoms with Crippen LogP contribution in [0.4, 0.5) is 5.69 Å². The van der Waals surface area contributed by atoms with Crippen LogP contribution >= 0.6 is 11.3 Å². The van der Waals surface area contributed by atoms with E-state index in [4.69, 9.17) is 0 Å². The molecule has 72 valence electrons. The number of pyridine rings is 1. The predicted molar refractivity (Wildman–Crippen MR) is 58.7 cm³/mol. The van der Waals surface area contributed by atoms with Gasteiger partial charge in [-0.3, -0.25) is 9.78 Å². The van der Waals surface area contributed by atoms with Gasteiger partial charge in [0.05, 0.1) is 16.1 Å². The van der Waals surface area contributed by atoms with Crippen LogP contribution in [0.5, 0.6) is 0 Å². The van der Waals surface area contributed by atoms with E-state index in [1.807, 2.05) is 18.4 Å². The lowest BCUT2D eigenvalue weighted by molar-refractivity contribution is -0.114. The number of nitrogens with one attached hydrogen (secondary N) is 1.